The van der Waals surface area contributed by atoms with Gasteiger partial charge >= 0.3 is 0 Å². The maximum Gasteiger partial charge on any atom is 0.0509 e. The van der Waals surface area contributed by atoms with Crippen molar-refractivity contribution in [1.82, 2.24) is 0 Å². The Balaban J connectivity index is 2.98. The third kappa shape index (κ3) is 3.79. The Labute approximate surface area is 115 Å². The predicted molar refractivity (Wildman–Crippen MR) is 78.4 cm³/mol. The number of hydrogen-bond acceptors (Lipinski definition) is 1. The molecule has 1 nitrogen and oxygen atoms in total. The molecule has 0 aliphatic rings. The van der Waals surface area contributed by atoms with E-state index in [9.17, 15) is 0 Å². The van der Waals surface area contributed by atoms with Crippen molar-refractivity contribution in [3.8, 4) is 0 Å². The number of hydrogen-bond donors (Lipinski definition) is 0. The fraction of sp³-hybridized carbons (Fsp3) is 0.571. The maximum atomic E-state index is 6.19. The Morgan fingerprint density at radius 1 is 1.29 bits per heavy atom. The van der Waals surface area contributed by atoms with Crippen LogP contribution in [0.3, 0.4) is 0 Å². The van der Waals surface area contributed by atoms with Crippen LogP contribution in [0.4, 0.5) is 5.69 Å². The van der Waals surface area contributed by atoms with E-state index in [2.05, 4.69) is 31.7 Å². The third-order valence-corrected chi connectivity index (χ3v) is 3.80. The van der Waals surface area contributed by atoms with Crippen LogP contribution in [0.1, 0.15) is 32.8 Å². The van der Waals surface area contributed by atoms with Crippen LogP contribution in [0.15, 0.2) is 18.2 Å². The number of alkyl halides is 1. The van der Waals surface area contributed by atoms with Gasteiger partial charge in [0.05, 0.1) is 5.88 Å². The van der Waals surface area contributed by atoms with Gasteiger partial charge in [-0.05, 0) is 25.0 Å². The fourth-order valence-corrected chi connectivity index (χ4v) is 2.46. The van der Waals surface area contributed by atoms with Crippen LogP contribution < -0.4 is 4.90 Å². The van der Waals surface area contributed by atoms with Crippen molar-refractivity contribution in [2.24, 2.45) is 5.92 Å². The van der Waals surface area contributed by atoms with E-state index >= 15 is 0 Å². The molecule has 1 atom stereocenters. The van der Waals surface area contributed by atoms with Gasteiger partial charge in [-0.2, -0.15) is 0 Å². The summed E-state index contributed by atoms with van der Waals surface area (Å²) in [7, 11) is 0. The average Bonchev–Trinajstić information content (AvgIpc) is 2.35. The Bertz CT molecular complexity index is 352. The van der Waals surface area contributed by atoms with E-state index in [0.29, 0.717) is 11.8 Å². The van der Waals surface area contributed by atoms with Crippen molar-refractivity contribution in [3.63, 3.8) is 0 Å². The highest BCUT2D eigenvalue weighted by molar-refractivity contribution is 6.32. The molecule has 0 saturated carbocycles. The van der Waals surface area contributed by atoms with Crippen LogP contribution in [0, 0.1) is 5.92 Å². The Morgan fingerprint density at radius 2 is 2.00 bits per heavy atom. The Hall–Kier alpha value is -0.400. The van der Waals surface area contributed by atoms with Crippen molar-refractivity contribution < 1.29 is 0 Å². The summed E-state index contributed by atoms with van der Waals surface area (Å²) in [6.07, 6.45) is 1.19. The highest BCUT2D eigenvalue weighted by atomic mass is 35.5. The second-order valence-corrected chi connectivity index (χ2v) is 5.10. The lowest BCUT2D eigenvalue weighted by Crippen LogP contribution is -2.28. The molecular weight excluding hydrogens is 253 g/mol. The van der Waals surface area contributed by atoms with Crippen molar-refractivity contribution in [3.05, 3.63) is 28.8 Å². The lowest BCUT2D eigenvalue weighted by Gasteiger charge is -2.28. The summed E-state index contributed by atoms with van der Waals surface area (Å²) in [6, 6.07) is 6.00. The number of rotatable bonds is 6. The molecule has 3 heteroatoms. The van der Waals surface area contributed by atoms with E-state index in [1.807, 2.05) is 12.1 Å². The molecule has 0 bridgehead atoms. The minimum atomic E-state index is 0.464. The van der Waals surface area contributed by atoms with Gasteiger partial charge in [0.2, 0.25) is 0 Å². The summed E-state index contributed by atoms with van der Waals surface area (Å²) in [5.41, 5.74) is 2.22. The van der Waals surface area contributed by atoms with Gasteiger partial charge in [0.25, 0.3) is 0 Å². The van der Waals surface area contributed by atoms with Gasteiger partial charge in [-0.15, -0.1) is 11.6 Å². The summed E-state index contributed by atoms with van der Waals surface area (Å²) in [5, 5.41) is 0.764. The van der Waals surface area contributed by atoms with E-state index in [4.69, 9.17) is 23.2 Å². The molecule has 1 aromatic rings. The highest BCUT2D eigenvalue weighted by Crippen LogP contribution is 2.29. The zero-order valence-corrected chi connectivity index (χ0v) is 12.4. The SMILES string of the molecule is CCC(C)CN(CC)c1cccc(Cl)c1CCl. The summed E-state index contributed by atoms with van der Waals surface area (Å²) in [5.74, 6) is 1.14. The number of anilines is 1. The lowest BCUT2D eigenvalue weighted by atomic mass is 10.1. The van der Waals surface area contributed by atoms with Crippen LogP contribution in [-0.2, 0) is 5.88 Å². The minimum Gasteiger partial charge on any atom is -0.371 e. The standard InChI is InChI=1S/C14H21Cl2N/c1-4-11(3)10-17(5-2)14-8-6-7-13(16)12(14)9-15/h6-8,11H,4-5,9-10H2,1-3H3. The van der Waals surface area contributed by atoms with E-state index in [0.717, 1.165) is 23.7 Å². The summed E-state index contributed by atoms with van der Waals surface area (Å²) in [4.78, 5) is 2.36. The molecule has 1 aromatic carbocycles. The first-order valence-electron chi connectivity index (χ1n) is 6.22. The van der Waals surface area contributed by atoms with Gasteiger partial charge in [-0.1, -0.05) is 37.9 Å². The quantitative estimate of drug-likeness (QED) is 0.663. The Kier molecular flexibility index (Phi) is 6.15. The van der Waals surface area contributed by atoms with E-state index < -0.39 is 0 Å². The zero-order chi connectivity index (χ0) is 12.8. The summed E-state index contributed by atoms with van der Waals surface area (Å²) in [6.45, 7) is 8.69. The van der Waals surface area contributed by atoms with E-state index in [1.165, 1.54) is 12.1 Å². The second-order valence-electron chi connectivity index (χ2n) is 4.42. The highest BCUT2D eigenvalue weighted by Gasteiger charge is 2.13. The first-order chi connectivity index (χ1) is 8.13. The van der Waals surface area contributed by atoms with Gasteiger partial charge in [-0.3, -0.25) is 0 Å². The molecular formula is C14H21Cl2N. The molecule has 0 N–H and O–H groups in total. The van der Waals surface area contributed by atoms with Gasteiger partial charge < -0.3 is 4.90 Å². The summed E-state index contributed by atoms with van der Waals surface area (Å²) >= 11 is 12.2. The van der Waals surface area contributed by atoms with Gasteiger partial charge in [0.15, 0.2) is 0 Å². The second kappa shape index (κ2) is 7.13. The van der Waals surface area contributed by atoms with Crippen LogP contribution in [0.5, 0.6) is 0 Å². The van der Waals surface area contributed by atoms with Crippen LogP contribution in [0.2, 0.25) is 5.02 Å². The average molecular weight is 274 g/mol. The molecule has 1 unspecified atom stereocenters. The normalized spacial score (nSPS) is 12.5. The minimum absolute atomic E-state index is 0.464. The Morgan fingerprint density at radius 3 is 2.53 bits per heavy atom. The smallest absolute Gasteiger partial charge is 0.0509 e. The largest absolute Gasteiger partial charge is 0.371 e. The first-order valence-corrected chi connectivity index (χ1v) is 7.13. The molecule has 0 saturated heterocycles. The number of benzene rings is 1. The topological polar surface area (TPSA) is 3.24 Å². The molecule has 0 amide bonds. The molecule has 0 aromatic heterocycles. The molecule has 0 heterocycles. The fourth-order valence-electron chi connectivity index (χ4n) is 1.88. The maximum absolute atomic E-state index is 6.19. The van der Waals surface area contributed by atoms with Crippen LogP contribution >= 0.6 is 23.2 Å². The molecule has 96 valence electrons. The van der Waals surface area contributed by atoms with Crippen molar-refractivity contribution in [2.45, 2.75) is 33.1 Å². The molecule has 0 aliphatic carbocycles. The molecule has 1 rings (SSSR count). The van der Waals surface area contributed by atoms with Gasteiger partial charge in [-0.25, -0.2) is 0 Å². The summed E-state index contributed by atoms with van der Waals surface area (Å²) < 4.78 is 0. The van der Waals surface area contributed by atoms with E-state index in [-0.39, 0.29) is 0 Å². The molecule has 0 radical (unpaired) electrons. The van der Waals surface area contributed by atoms with Crippen molar-refractivity contribution >= 4 is 28.9 Å². The predicted octanol–water partition coefficient (Wildman–Crippen LogP) is 4.95. The van der Waals surface area contributed by atoms with Gasteiger partial charge in [0.1, 0.15) is 0 Å². The van der Waals surface area contributed by atoms with Crippen LogP contribution in [-0.4, -0.2) is 13.1 Å². The van der Waals surface area contributed by atoms with Crippen molar-refractivity contribution in [1.29, 1.82) is 0 Å². The van der Waals surface area contributed by atoms with Crippen molar-refractivity contribution in [2.75, 3.05) is 18.0 Å². The van der Waals surface area contributed by atoms with Crippen LogP contribution in [0.25, 0.3) is 0 Å². The molecule has 0 fully saturated rings. The van der Waals surface area contributed by atoms with Gasteiger partial charge in [0, 0.05) is 29.4 Å². The molecule has 0 spiro atoms. The monoisotopic (exact) mass is 273 g/mol. The first kappa shape index (κ1) is 14.7. The zero-order valence-electron chi connectivity index (χ0n) is 10.8. The molecule has 17 heavy (non-hydrogen) atoms. The number of nitrogens with zero attached hydrogens (tertiary/aromatic N) is 1. The van der Waals surface area contributed by atoms with E-state index in [1.54, 1.807) is 0 Å². The lowest BCUT2D eigenvalue weighted by molar-refractivity contribution is 0.547. The molecule has 0 aliphatic heterocycles. The third-order valence-electron chi connectivity index (χ3n) is 3.18. The number of halogens is 2.